The van der Waals surface area contributed by atoms with Gasteiger partial charge in [-0.3, -0.25) is 4.90 Å². The molecule has 1 saturated heterocycles. The third-order valence-electron chi connectivity index (χ3n) is 4.06. The summed E-state index contributed by atoms with van der Waals surface area (Å²) in [6.07, 6.45) is 1.83. The molecule has 4 rings (SSSR count). The Kier molecular flexibility index (Phi) is 3.83. The van der Waals surface area contributed by atoms with Gasteiger partial charge in [0.15, 0.2) is 0 Å². The number of nitrogen functional groups attached to an aromatic ring is 1. The fourth-order valence-electron chi connectivity index (χ4n) is 2.79. The molecule has 124 valence electrons. The highest BCUT2D eigenvalue weighted by Crippen LogP contribution is 2.13. The normalized spacial score (nSPS) is 15.8. The summed E-state index contributed by atoms with van der Waals surface area (Å²) in [6.45, 7) is 4.37. The summed E-state index contributed by atoms with van der Waals surface area (Å²) >= 11 is 0. The SMILES string of the molecule is Nc1nc(N2CCN(Cc3cnn(-c4ccccc4)n3)CC2)n[nH]1. The van der Waals surface area contributed by atoms with Crippen molar-refractivity contribution in [3.63, 3.8) is 0 Å². The van der Waals surface area contributed by atoms with Crippen LogP contribution in [0.4, 0.5) is 11.9 Å². The molecule has 0 unspecified atom stereocenters. The summed E-state index contributed by atoms with van der Waals surface area (Å²) < 4.78 is 0. The standard InChI is InChI=1S/C15H19N9/c16-14-18-15(20-19-14)23-8-6-22(7-9-23)11-12-10-17-24(21-12)13-4-2-1-3-5-13/h1-5,10H,6-9,11H2,(H3,16,18,19,20). The monoisotopic (exact) mass is 325 g/mol. The molecule has 3 N–H and O–H groups in total. The van der Waals surface area contributed by atoms with Gasteiger partial charge in [0.05, 0.1) is 17.6 Å². The minimum absolute atomic E-state index is 0.352. The molecule has 0 atom stereocenters. The molecule has 1 aliphatic heterocycles. The van der Waals surface area contributed by atoms with Crippen LogP contribution in [0.5, 0.6) is 0 Å². The van der Waals surface area contributed by atoms with Crippen molar-refractivity contribution in [3.8, 4) is 5.69 Å². The highest BCUT2D eigenvalue weighted by molar-refractivity contribution is 5.34. The zero-order valence-electron chi connectivity index (χ0n) is 13.2. The van der Waals surface area contributed by atoms with Gasteiger partial charge >= 0.3 is 0 Å². The van der Waals surface area contributed by atoms with Gasteiger partial charge in [0.25, 0.3) is 0 Å². The number of piperazine rings is 1. The van der Waals surface area contributed by atoms with Gasteiger partial charge in [-0.05, 0) is 12.1 Å². The van der Waals surface area contributed by atoms with E-state index < -0.39 is 0 Å². The van der Waals surface area contributed by atoms with Crippen LogP contribution in [0.2, 0.25) is 0 Å². The molecule has 0 aliphatic carbocycles. The van der Waals surface area contributed by atoms with Crippen LogP contribution in [0, 0.1) is 0 Å². The van der Waals surface area contributed by atoms with Crippen LogP contribution in [0.25, 0.3) is 5.69 Å². The lowest BCUT2D eigenvalue weighted by Crippen LogP contribution is -2.46. The van der Waals surface area contributed by atoms with Crippen LogP contribution >= 0.6 is 0 Å². The predicted octanol–water partition coefficient (Wildman–Crippen LogP) is 0.290. The van der Waals surface area contributed by atoms with E-state index in [2.05, 4.69) is 35.2 Å². The van der Waals surface area contributed by atoms with Crippen LogP contribution in [0.3, 0.4) is 0 Å². The van der Waals surface area contributed by atoms with Gasteiger partial charge in [0.2, 0.25) is 11.9 Å². The highest BCUT2D eigenvalue weighted by atomic mass is 15.5. The Labute approximate surface area is 139 Å². The Morgan fingerprint density at radius 1 is 1.08 bits per heavy atom. The topological polar surface area (TPSA) is 105 Å². The van der Waals surface area contributed by atoms with Crippen molar-refractivity contribution >= 4 is 11.9 Å². The quantitative estimate of drug-likeness (QED) is 0.710. The molecule has 24 heavy (non-hydrogen) atoms. The highest BCUT2D eigenvalue weighted by Gasteiger charge is 2.20. The average Bonchev–Trinajstić information content (AvgIpc) is 3.26. The number of aromatic nitrogens is 6. The van der Waals surface area contributed by atoms with E-state index in [1.165, 1.54) is 0 Å². The molecule has 0 amide bonds. The average molecular weight is 325 g/mol. The Morgan fingerprint density at radius 2 is 1.88 bits per heavy atom. The second-order valence-corrected chi connectivity index (χ2v) is 5.74. The third-order valence-corrected chi connectivity index (χ3v) is 4.06. The van der Waals surface area contributed by atoms with E-state index in [4.69, 9.17) is 5.73 Å². The summed E-state index contributed by atoms with van der Waals surface area (Å²) in [4.78, 5) is 10.3. The maximum absolute atomic E-state index is 5.58. The van der Waals surface area contributed by atoms with Gasteiger partial charge in [-0.2, -0.15) is 20.0 Å². The molecule has 3 heterocycles. The molecular formula is C15H19N9. The molecule has 0 spiro atoms. The minimum Gasteiger partial charge on any atom is -0.368 e. The summed E-state index contributed by atoms with van der Waals surface area (Å²) in [5.74, 6) is 1.02. The number of hydrogen-bond acceptors (Lipinski definition) is 7. The fraction of sp³-hybridized carbons (Fsp3) is 0.333. The van der Waals surface area contributed by atoms with Crippen LogP contribution in [-0.2, 0) is 6.54 Å². The van der Waals surface area contributed by atoms with Crippen molar-refractivity contribution in [2.75, 3.05) is 36.8 Å². The summed E-state index contributed by atoms with van der Waals surface area (Å²) in [5.41, 5.74) is 7.52. The van der Waals surface area contributed by atoms with Gasteiger partial charge in [0, 0.05) is 32.7 Å². The first-order valence-electron chi connectivity index (χ1n) is 7.90. The van der Waals surface area contributed by atoms with E-state index in [1.807, 2.05) is 36.5 Å². The number of hydrogen-bond donors (Lipinski definition) is 2. The van der Waals surface area contributed by atoms with E-state index in [0.29, 0.717) is 11.9 Å². The molecule has 3 aromatic rings. The maximum Gasteiger partial charge on any atom is 0.246 e. The number of rotatable bonds is 4. The molecule has 1 aliphatic rings. The number of aromatic amines is 1. The Balaban J connectivity index is 1.35. The van der Waals surface area contributed by atoms with Crippen LogP contribution < -0.4 is 10.6 Å². The first kappa shape index (κ1) is 14.6. The number of nitrogens with two attached hydrogens (primary N) is 1. The zero-order chi connectivity index (χ0) is 16.4. The Morgan fingerprint density at radius 3 is 2.58 bits per heavy atom. The molecule has 9 nitrogen and oxygen atoms in total. The molecule has 1 aromatic carbocycles. The lowest BCUT2D eigenvalue weighted by Gasteiger charge is -2.33. The molecule has 2 aromatic heterocycles. The summed E-state index contributed by atoms with van der Waals surface area (Å²) in [5, 5.41) is 15.7. The molecule has 0 bridgehead atoms. The van der Waals surface area contributed by atoms with Crippen molar-refractivity contribution in [2.24, 2.45) is 0 Å². The van der Waals surface area contributed by atoms with Crippen molar-refractivity contribution in [1.29, 1.82) is 0 Å². The predicted molar refractivity (Wildman–Crippen MR) is 89.6 cm³/mol. The summed E-state index contributed by atoms with van der Waals surface area (Å²) in [6, 6.07) is 9.92. The largest absolute Gasteiger partial charge is 0.368 e. The number of benzene rings is 1. The first-order valence-corrected chi connectivity index (χ1v) is 7.90. The number of anilines is 2. The number of nitrogens with one attached hydrogen (secondary N) is 1. The zero-order valence-corrected chi connectivity index (χ0v) is 13.2. The first-order chi connectivity index (χ1) is 11.8. The smallest absolute Gasteiger partial charge is 0.246 e. The number of para-hydroxylation sites is 1. The van der Waals surface area contributed by atoms with Crippen molar-refractivity contribution in [1.82, 2.24) is 35.1 Å². The molecule has 1 fully saturated rings. The van der Waals surface area contributed by atoms with Crippen LogP contribution in [0.1, 0.15) is 5.69 Å². The van der Waals surface area contributed by atoms with Gasteiger partial charge in [0.1, 0.15) is 0 Å². The van der Waals surface area contributed by atoms with E-state index in [0.717, 1.165) is 44.1 Å². The van der Waals surface area contributed by atoms with E-state index in [9.17, 15) is 0 Å². The number of H-pyrrole nitrogens is 1. The second-order valence-electron chi connectivity index (χ2n) is 5.74. The van der Waals surface area contributed by atoms with Crippen LogP contribution in [0.15, 0.2) is 36.5 Å². The van der Waals surface area contributed by atoms with E-state index >= 15 is 0 Å². The molecular weight excluding hydrogens is 306 g/mol. The van der Waals surface area contributed by atoms with Gasteiger partial charge in [-0.25, -0.2) is 5.10 Å². The molecule has 0 saturated carbocycles. The molecule has 9 heteroatoms. The van der Waals surface area contributed by atoms with E-state index in [1.54, 1.807) is 4.80 Å². The van der Waals surface area contributed by atoms with E-state index in [-0.39, 0.29) is 0 Å². The van der Waals surface area contributed by atoms with Gasteiger partial charge in [-0.1, -0.05) is 18.2 Å². The Bertz CT molecular complexity index is 786. The van der Waals surface area contributed by atoms with Crippen molar-refractivity contribution < 1.29 is 0 Å². The summed E-state index contributed by atoms with van der Waals surface area (Å²) in [7, 11) is 0. The second kappa shape index (κ2) is 6.28. The maximum atomic E-state index is 5.58. The van der Waals surface area contributed by atoms with Gasteiger partial charge < -0.3 is 10.6 Å². The van der Waals surface area contributed by atoms with Crippen molar-refractivity contribution in [3.05, 3.63) is 42.2 Å². The van der Waals surface area contributed by atoms with Gasteiger partial charge in [-0.15, -0.1) is 5.10 Å². The fourth-order valence-corrected chi connectivity index (χ4v) is 2.79. The lowest BCUT2D eigenvalue weighted by atomic mass is 10.3. The molecule has 0 radical (unpaired) electrons. The minimum atomic E-state index is 0.352. The Hall–Kier alpha value is -2.94. The number of nitrogens with zero attached hydrogens (tertiary/aromatic N) is 7. The van der Waals surface area contributed by atoms with Crippen molar-refractivity contribution in [2.45, 2.75) is 6.54 Å². The third kappa shape index (κ3) is 3.06. The lowest BCUT2D eigenvalue weighted by molar-refractivity contribution is 0.245. The van der Waals surface area contributed by atoms with Crippen LogP contribution in [-0.4, -0.2) is 61.3 Å².